The topological polar surface area (TPSA) is 62.0 Å². The van der Waals surface area contributed by atoms with E-state index in [1.54, 1.807) is 13.2 Å². The number of rotatable bonds is 3. The van der Waals surface area contributed by atoms with Crippen molar-refractivity contribution in [2.45, 2.75) is 0 Å². The van der Waals surface area contributed by atoms with Crippen LogP contribution in [-0.2, 0) is 0 Å². The smallest absolute Gasteiger partial charge is 0.145 e. The van der Waals surface area contributed by atoms with E-state index >= 15 is 0 Å². The Balaban J connectivity index is 2.35. The van der Waals surface area contributed by atoms with Crippen LogP contribution in [0.2, 0.25) is 0 Å². The van der Waals surface area contributed by atoms with Gasteiger partial charge < -0.3 is 9.64 Å². The van der Waals surface area contributed by atoms with Gasteiger partial charge in [-0.15, -0.1) is 0 Å². The number of aromatic nitrogens is 2. The molecule has 0 radical (unpaired) electrons. The second-order valence-corrected chi connectivity index (χ2v) is 3.63. The van der Waals surface area contributed by atoms with Gasteiger partial charge in [-0.25, -0.2) is 9.97 Å². The Morgan fingerprint density at radius 3 is 2.83 bits per heavy atom. The van der Waals surface area contributed by atoms with Crippen LogP contribution in [0.5, 0.6) is 5.75 Å². The highest BCUT2D eigenvalue weighted by Gasteiger charge is 2.07. The van der Waals surface area contributed by atoms with Gasteiger partial charge in [0, 0.05) is 24.9 Å². The highest BCUT2D eigenvalue weighted by Crippen LogP contribution is 2.25. The largest absolute Gasteiger partial charge is 0.497 e. The molecule has 0 unspecified atom stereocenters. The summed E-state index contributed by atoms with van der Waals surface area (Å²) >= 11 is 0. The van der Waals surface area contributed by atoms with Crippen molar-refractivity contribution in [2.75, 3.05) is 19.1 Å². The molecule has 0 amide bonds. The number of benzene rings is 1. The summed E-state index contributed by atoms with van der Waals surface area (Å²) in [4.78, 5) is 9.85. The Bertz CT molecular complexity index is 592. The molecule has 1 aromatic heterocycles. The summed E-state index contributed by atoms with van der Waals surface area (Å²) in [7, 11) is 3.50. The third kappa shape index (κ3) is 2.38. The van der Waals surface area contributed by atoms with Crippen molar-refractivity contribution in [3.63, 3.8) is 0 Å². The van der Waals surface area contributed by atoms with Crippen LogP contribution in [-0.4, -0.2) is 24.1 Å². The third-order valence-electron chi connectivity index (χ3n) is 2.55. The SMILES string of the molecule is COc1cccc(N(C)c2cc(C#N)ncn2)c1. The van der Waals surface area contributed by atoms with Gasteiger partial charge in [0.25, 0.3) is 0 Å². The lowest BCUT2D eigenvalue weighted by Crippen LogP contribution is -2.11. The van der Waals surface area contributed by atoms with Crippen molar-refractivity contribution < 1.29 is 4.74 Å². The molecule has 0 saturated carbocycles. The highest BCUT2D eigenvalue weighted by atomic mass is 16.5. The Labute approximate surface area is 105 Å². The molecule has 5 heteroatoms. The molecule has 90 valence electrons. The van der Waals surface area contributed by atoms with E-state index in [9.17, 15) is 0 Å². The van der Waals surface area contributed by atoms with E-state index in [2.05, 4.69) is 9.97 Å². The summed E-state index contributed by atoms with van der Waals surface area (Å²) in [5, 5.41) is 8.82. The molecule has 0 fully saturated rings. The van der Waals surface area contributed by atoms with Gasteiger partial charge in [0.1, 0.15) is 29.7 Å². The van der Waals surface area contributed by atoms with Gasteiger partial charge in [0.15, 0.2) is 0 Å². The Morgan fingerprint density at radius 2 is 2.11 bits per heavy atom. The fraction of sp³-hybridized carbons (Fsp3) is 0.154. The highest BCUT2D eigenvalue weighted by molar-refractivity contribution is 5.61. The second-order valence-electron chi connectivity index (χ2n) is 3.63. The van der Waals surface area contributed by atoms with E-state index in [4.69, 9.17) is 10.00 Å². The maximum atomic E-state index is 8.82. The maximum absolute atomic E-state index is 8.82. The molecule has 0 bridgehead atoms. The molecular formula is C13H12N4O. The molecule has 2 rings (SSSR count). The number of hydrogen-bond acceptors (Lipinski definition) is 5. The molecule has 0 aliphatic heterocycles. The fourth-order valence-corrected chi connectivity index (χ4v) is 1.54. The average Bonchev–Trinajstić information content (AvgIpc) is 2.46. The van der Waals surface area contributed by atoms with Gasteiger partial charge in [0.2, 0.25) is 0 Å². The minimum atomic E-state index is 0.342. The summed E-state index contributed by atoms with van der Waals surface area (Å²) in [6.07, 6.45) is 1.38. The molecular weight excluding hydrogens is 228 g/mol. The van der Waals surface area contributed by atoms with E-state index in [0.29, 0.717) is 11.5 Å². The van der Waals surface area contributed by atoms with Crippen LogP contribution in [0.4, 0.5) is 11.5 Å². The molecule has 0 aliphatic rings. The van der Waals surface area contributed by atoms with Gasteiger partial charge in [-0.3, -0.25) is 0 Å². The maximum Gasteiger partial charge on any atom is 0.145 e. The third-order valence-corrected chi connectivity index (χ3v) is 2.55. The minimum Gasteiger partial charge on any atom is -0.497 e. The predicted molar refractivity (Wildman–Crippen MR) is 67.8 cm³/mol. The number of ether oxygens (including phenoxy) is 1. The summed E-state index contributed by atoms with van der Waals surface area (Å²) in [5.74, 6) is 1.43. The van der Waals surface area contributed by atoms with Crippen LogP contribution in [0.3, 0.4) is 0 Å². The zero-order valence-corrected chi connectivity index (χ0v) is 10.2. The number of nitriles is 1. The van der Waals surface area contributed by atoms with Crippen molar-refractivity contribution in [2.24, 2.45) is 0 Å². The Morgan fingerprint density at radius 1 is 1.28 bits per heavy atom. The van der Waals surface area contributed by atoms with Gasteiger partial charge >= 0.3 is 0 Å². The molecule has 0 N–H and O–H groups in total. The van der Waals surface area contributed by atoms with Gasteiger partial charge in [-0.1, -0.05) is 6.07 Å². The number of nitrogens with zero attached hydrogens (tertiary/aromatic N) is 4. The van der Waals surface area contributed by atoms with E-state index in [-0.39, 0.29) is 0 Å². The first-order valence-corrected chi connectivity index (χ1v) is 5.34. The lowest BCUT2D eigenvalue weighted by Gasteiger charge is -2.18. The van der Waals surface area contributed by atoms with E-state index in [1.807, 2.05) is 42.3 Å². The number of hydrogen-bond donors (Lipinski definition) is 0. The second kappa shape index (κ2) is 5.15. The number of anilines is 2. The van der Waals surface area contributed by atoms with Crippen molar-refractivity contribution in [3.8, 4) is 11.8 Å². The van der Waals surface area contributed by atoms with Crippen LogP contribution < -0.4 is 9.64 Å². The van der Waals surface area contributed by atoms with Crippen LogP contribution in [0.25, 0.3) is 0 Å². The standard InChI is InChI=1S/C13H12N4O/c1-17(11-4-3-5-12(7-11)18-2)13-6-10(8-14)15-9-16-13/h3-7,9H,1-2H3. The minimum absolute atomic E-state index is 0.342. The fourth-order valence-electron chi connectivity index (χ4n) is 1.54. The molecule has 2 aromatic rings. The van der Waals surface area contributed by atoms with Crippen LogP contribution >= 0.6 is 0 Å². The lowest BCUT2D eigenvalue weighted by atomic mass is 10.2. The zero-order valence-electron chi connectivity index (χ0n) is 10.2. The number of methoxy groups -OCH3 is 1. The van der Waals surface area contributed by atoms with Crippen LogP contribution in [0.1, 0.15) is 5.69 Å². The predicted octanol–water partition coefficient (Wildman–Crippen LogP) is 2.12. The summed E-state index contributed by atoms with van der Waals surface area (Å²) in [6.45, 7) is 0. The Hall–Kier alpha value is -2.61. The molecule has 0 spiro atoms. The first-order chi connectivity index (χ1) is 8.74. The van der Waals surface area contributed by atoms with Gasteiger partial charge in [-0.2, -0.15) is 5.26 Å². The van der Waals surface area contributed by atoms with Crippen molar-refractivity contribution in [1.82, 2.24) is 9.97 Å². The lowest BCUT2D eigenvalue weighted by molar-refractivity contribution is 0.415. The molecule has 1 aromatic carbocycles. The molecule has 1 heterocycles. The van der Waals surface area contributed by atoms with E-state index < -0.39 is 0 Å². The molecule has 18 heavy (non-hydrogen) atoms. The molecule has 0 aliphatic carbocycles. The van der Waals surface area contributed by atoms with Crippen LogP contribution in [0.15, 0.2) is 36.7 Å². The first kappa shape index (κ1) is 11.9. The van der Waals surface area contributed by atoms with E-state index in [1.165, 1.54) is 6.33 Å². The van der Waals surface area contributed by atoms with Crippen molar-refractivity contribution in [1.29, 1.82) is 5.26 Å². The molecule has 0 atom stereocenters. The molecule has 0 saturated heterocycles. The monoisotopic (exact) mass is 240 g/mol. The average molecular weight is 240 g/mol. The van der Waals surface area contributed by atoms with Gasteiger partial charge in [-0.05, 0) is 12.1 Å². The quantitative estimate of drug-likeness (QED) is 0.822. The summed E-state index contributed by atoms with van der Waals surface area (Å²) < 4.78 is 5.17. The van der Waals surface area contributed by atoms with Crippen LogP contribution in [0, 0.1) is 11.3 Å². The summed E-state index contributed by atoms with van der Waals surface area (Å²) in [6, 6.07) is 11.2. The van der Waals surface area contributed by atoms with Crippen molar-refractivity contribution >= 4 is 11.5 Å². The van der Waals surface area contributed by atoms with Gasteiger partial charge in [0.05, 0.1) is 7.11 Å². The van der Waals surface area contributed by atoms with E-state index in [0.717, 1.165) is 11.4 Å². The normalized spacial score (nSPS) is 9.61. The Kier molecular flexibility index (Phi) is 3.39. The first-order valence-electron chi connectivity index (χ1n) is 5.34. The van der Waals surface area contributed by atoms with Crippen molar-refractivity contribution in [3.05, 3.63) is 42.4 Å². The zero-order chi connectivity index (χ0) is 13.0. The molecule has 5 nitrogen and oxygen atoms in total. The summed E-state index contributed by atoms with van der Waals surface area (Å²) in [5.41, 5.74) is 1.27.